The van der Waals surface area contributed by atoms with Gasteiger partial charge in [-0.1, -0.05) is 35.3 Å². The van der Waals surface area contributed by atoms with Crippen molar-refractivity contribution in [2.45, 2.75) is 0 Å². The second-order valence-corrected chi connectivity index (χ2v) is 9.26. The quantitative estimate of drug-likeness (QED) is 0.310. The summed E-state index contributed by atoms with van der Waals surface area (Å²) in [5, 5.41) is 14.2. The Hall–Kier alpha value is -3.72. The van der Waals surface area contributed by atoms with E-state index in [-0.39, 0.29) is 11.5 Å². The summed E-state index contributed by atoms with van der Waals surface area (Å²) in [6, 6.07) is 13.9. The molecular weight excluding hydrogens is 507 g/mol. The molecule has 0 unspecified atom stereocenters. The van der Waals surface area contributed by atoms with Crippen molar-refractivity contribution in [3.05, 3.63) is 93.2 Å². The number of carboxylic acid groups (broad SMARTS) is 1. The molecule has 2 aromatic heterocycles. The van der Waals surface area contributed by atoms with E-state index in [1.54, 1.807) is 54.9 Å². The molecule has 2 N–H and O–H groups in total. The highest BCUT2D eigenvalue weighted by atomic mass is 35.5. The number of carbonyl (C=O) groups excluding carboxylic acids is 1. The lowest BCUT2D eigenvalue weighted by Gasteiger charge is -2.11. The molecule has 172 valence electrons. The van der Waals surface area contributed by atoms with Gasteiger partial charge < -0.3 is 10.4 Å². The number of carbonyl (C=O) groups is 2. The molecule has 0 bridgehead atoms. The summed E-state index contributed by atoms with van der Waals surface area (Å²) in [6.45, 7) is 0. The van der Waals surface area contributed by atoms with Gasteiger partial charge in [0, 0.05) is 29.5 Å². The Labute approximate surface area is 213 Å². The molecule has 0 spiro atoms. The number of aliphatic imine (C=N–C) groups is 1. The zero-order valence-corrected chi connectivity index (χ0v) is 20.0. The summed E-state index contributed by atoms with van der Waals surface area (Å²) in [7, 11) is 0. The lowest BCUT2D eigenvalue weighted by atomic mass is 9.96. The average Bonchev–Trinajstić information content (AvgIpc) is 3.19. The Morgan fingerprint density at radius 3 is 2.54 bits per heavy atom. The van der Waals surface area contributed by atoms with Crippen molar-refractivity contribution in [3.8, 4) is 11.1 Å². The molecule has 1 fully saturated rings. The maximum atomic E-state index is 12.6. The zero-order chi connectivity index (χ0) is 24.5. The highest BCUT2D eigenvalue weighted by Crippen LogP contribution is 2.36. The van der Waals surface area contributed by atoms with Crippen molar-refractivity contribution >= 4 is 74.7 Å². The van der Waals surface area contributed by atoms with E-state index in [2.05, 4.69) is 20.3 Å². The van der Waals surface area contributed by atoms with Crippen molar-refractivity contribution in [1.29, 1.82) is 0 Å². The summed E-state index contributed by atoms with van der Waals surface area (Å²) in [6.07, 6.45) is 6.26. The van der Waals surface area contributed by atoms with E-state index in [4.69, 9.17) is 23.2 Å². The van der Waals surface area contributed by atoms with Crippen LogP contribution in [0, 0.1) is 0 Å². The average molecular weight is 521 g/mol. The minimum Gasteiger partial charge on any atom is -0.478 e. The van der Waals surface area contributed by atoms with Crippen LogP contribution in [0.5, 0.6) is 0 Å². The predicted molar refractivity (Wildman–Crippen MR) is 139 cm³/mol. The minimum absolute atomic E-state index is 0.0764. The molecule has 1 saturated heterocycles. The van der Waals surface area contributed by atoms with E-state index in [1.807, 2.05) is 12.1 Å². The number of aromatic carboxylic acids is 1. The van der Waals surface area contributed by atoms with Crippen LogP contribution >= 0.6 is 35.0 Å². The van der Waals surface area contributed by atoms with Crippen LogP contribution in [0.25, 0.3) is 28.1 Å². The highest BCUT2D eigenvalue weighted by molar-refractivity contribution is 8.18. The second kappa shape index (κ2) is 9.50. The number of amides is 1. The van der Waals surface area contributed by atoms with Crippen molar-refractivity contribution in [2.75, 3.05) is 0 Å². The first-order valence-electron chi connectivity index (χ1n) is 10.2. The number of amidine groups is 1. The van der Waals surface area contributed by atoms with Gasteiger partial charge in [0.1, 0.15) is 5.69 Å². The number of benzene rings is 2. The Morgan fingerprint density at radius 2 is 1.83 bits per heavy atom. The number of nitrogens with zero attached hydrogens (tertiary/aromatic N) is 3. The SMILES string of the molecule is O=C1NC(=Nc2c(Cl)cccc2Cl)S/C1=C\c1ccc2ncc(C(=O)O)c(-c3ccncc3)c2c1. The summed E-state index contributed by atoms with van der Waals surface area (Å²) in [5.74, 6) is -1.40. The van der Waals surface area contributed by atoms with E-state index in [0.717, 1.165) is 11.8 Å². The first kappa shape index (κ1) is 23.0. The molecule has 0 radical (unpaired) electrons. The molecule has 35 heavy (non-hydrogen) atoms. The number of thioether (sulfide) groups is 1. The number of fused-ring (bicyclic) bond motifs is 1. The Morgan fingerprint density at radius 1 is 1.09 bits per heavy atom. The Bertz CT molecular complexity index is 1550. The topological polar surface area (TPSA) is 105 Å². The Kier molecular flexibility index (Phi) is 6.25. The van der Waals surface area contributed by atoms with Crippen molar-refractivity contribution < 1.29 is 14.7 Å². The van der Waals surface area contributed by atoms with Crippen molar-refractivity contribution in [3.63, 3.8) is 0 Å². The molecule has 0 aliphatic carbocycles. The van der Waals surface area contributed by atoms with Gasteiger partial charge in [-0.25, -0.2) is 9.79 Å². The third kappa shape index (κ3) is 4.64. The molecule has 5 rings (SSSR count). The number of carboxylic acids is 1. The van der Waals surface area contributed by atoms with Gasteiger partial charge in [0.15, 0.2) is 5.17 Å². The van der Waals surface area contributed by atoms with Crippen LogP contribution in [0.1, 0.15) is 15.9 Å². The molecule has 1 aliphatic rings. The summed E-state index contributed by atoms with van der Waals surface area (Å²) < 4.78 is 0. The van der Waals surface area contributed by atoms with Gasteiger partial charge in [-0.2, -0.15) is 0 Å². The summed E-state index contributed by atoms with van der Waals surface area (Å²) in [5.41, 5.74) is 3.01. The first-order valence-corrected chi connectivity index (χ1v) is 11.8. The van der Waals surface area contributed by atoms with Crippen LogP contribution in [-0.2, 0) is 4.79 Å². The zero-order valence-electron chi connectivity index (χ0n) is 17.7. The highest BCUT2D eigenvalue weighted by Gasteiger charge is 2.25. The van der Waals surface area contributed by atoms with Crippen LogP contribution in [0.3, 0.4) is 0 Å². The maximum Gasteiger partial charge on any atom is 0.337 e. The van der Waals surface area contributed by atoms with Gasteiger partial charge in [0.05, 0.1) is 26.0 Å². The number of aromatic nitrogens is 2. The molecule has 1 aliphatic heterocycles. The fourth-order valence-electron chi connectivity index (χ4n) is 3.62. The number of pyridine rings is 2. The van der Waals surface area contributed by atoms with Gasteiger partial charge in [-0.3, -0.25) is 14.8 Å². The summed E-state index contributed by atoms with van der Waals surface area (Å²) in [4.78, 5) is 37.7. The smallest absolute Gasteiger partial charge is 0.337 e. The van der Waals surface area contributed by atoms with Gasteiger partial charge in [0.25, 0.3) is 5.91 Å². The number of para-hydroxylation sites is 1. The van der Waals surface area contributed by atoms with E-state index < -0.39 is 5.97 Å². The van der Waals surface area contributed by atoms with Gasteiger partial charge in [-0.15, -0.1) is 0 Å². The van der Waals surface area contributed by atoms with Gasteiger partial charge >= 0.3 is 5.97 Å². The normalized spacial score (nSPS) is 15.7. The fourth-order valence-corrected chi connectivity index (χ4v) is 4.93. The molecule has 10 heteroatoms. The molecule has 0 atom stereocenters. The number of halogens is 2. The van der Waals surface area contributed by atoms with Crippen molar-refractivity contribution in [1.82, 2.24) is 15.3 Å². The van der Waals surface area contributed by atoms with E-state index >= 15 is 0 Å². The molecule has 7 nitrogen and oxygen atoms in total. The second-order valence-electron chi connectivity index (χ2n) is 7.42. The van der Waals surface area contributed by atoms with Crippen molar-refractivity contribution in [2.24, 2.45) is 4.99 Å². The fraction of sp³-hybridized carbons (Fsp3) is 0. The number of hydrogen-bond donors (Lipinski definition) is 2. The van der Waals surface area contributed by atoms with Crippen LogP contribution in [-0.4, -0.2) is 32.1 Å². The lowest BCUT2D eigenvalue weighted by molar-refractivity contribution is -0.115. The van der Waals surface area contributed by atoms with Gasteiger partial charge in [-0.05, 0) is 65.4 Å². The Balaban J connectivity index is 1.57. The molecule has 1 amide bonds. The van der Waals surface area contributed by atoms with Crippen LogP contribution in [0.4, 0.5) is 5.69 Å². The molecule has 4 aromatic rings. The number of nitrogens with one attached hydrogen (secondary N) is 1. The molecule has 3 heterocycles. The maximum absolute atomic E-state index is 12.6. The minimum atomic E-state index is -1.08. The molecular formula is C25H14Cl2N4O3S. The monoisotopic (exact) mass is 520 g/mol. The van der Waals surface area contributed by atoms with Crippen LogP contribution < -0.4 is 5.32 Å². The van der Waals surface area contributed by atoms with E-state index in [0.29, 0.717) is 53.4 Å². The number of hydrogen-bond acceptors (Lipinski definition) is 6. The predicted octanol–water partition coefficient (Wildman–Crippen LogP) is 6.19. The van der Waals surface area contributed by atoms with Crippen LogP contribution in [0.15, 0.2) is 77.0 Å². The molecule has 2 aromatic carbocycles. The third-order valence-electron chi connectivity index (χ3n) is 5.19. The largest absolute Gasteiger partial charge is 0.478 e. The van der Waals surface area contributed by atoms with Gasteiger partial charge in [0.2, 0.25) is 0 Å². The standard InChI is InChI=1S/C25H14Cl2N4O3S/c26-17-2-1-3-18(27)22(17)30-25-31-23(32)20(35-25)11-13-4-5-19-15(10-13)21(14-6-8-28-9-7-14)16(12-29-19)24(33)34/h1-12H,(H,33,34)(H,30,31,32)/b20-11-. The lowest BCUT2D eigenvalue weighted by Crippen LogP contribution is -2.19. The number of rotatable bonds is 4. The third-order valence-corrected chi connectivity index (χ3v) is 6.71. The molecule has 0 saturated carbocycles. The van der Waals surface area contributed by atoms with E-state index in [1.165, 1.54) is 6.20 Å². The van der Waals surface area contributed by atoms with Crippen LogP contribution in [0.2, 0.25) is 10.0 Å². The summed E-state index contributed by atoms with van der Waals surface area (Å²) >= 11 is 13.5. The van der Waals surface area contributed by atoms with E-state index in [9.17, 15) is 14.7 Å². The first-order chi connectivity index (χ1) is 16.9.